The summed E-state index contributed by atoms with van der Waals surface area (Å²) in [7, 11) is 9.38. The van der Waals surface area contributed by atoms with Gasteiger partial charge in [-0.2, -0.15) is 0 Å². The number of nitrogens with one attached hydrogen (secondary N) is 4. The molecule has 2 heterocycles. The molecular weight excluding hydrogens is 599 g/mol. The van der Waals surface area contributed by atoms with Gasteiger partial charge in [-0.1, -0.05) is 35.7 Å². The Balaban J connectivity index is 0.00000102. The second-order valence-corrected chi connectivity index (χ2v) is 10.7. The number of anilines is 4. The molecule has 2 aromatic heterocycles. The molecule has 11 nitrogen and oxygen atoms in total. The Kier molecular flexibility index (Phi) is 12.7. The van der Waals surface area contributed by atoms with E-state index < -0.39 is 5.63 Å². The maximum atomic E-state index is 12.9. The van der Waals surface area contributed by atoms with Crippen molar-refractivity contribution in [2.24, 2.45) is 0 Å². The number of para-hydroxylation sites is 1. The highest BCUT2D eigenvalue weighted by Gasteiger charge is 2.20. The minimum Gasteiger partial charge on any atom is -0.494 e. The number of aromatic nitrogens is 3. The minimum atomic E-state index is -1.82. The molecule has 0 saturated heterocycles. The number of H-pyrrole nitrogens is 1. The molecule has 0 aliphatic rings. The lowest BCUT2D eigenvalue weighted by Crippen LogP contribution is -2.36. The fourth-order valence-corrected chi connectivity index (χ4v) is 4.23. The number of methoxy groups -OCH3 is 1. The molecule has 4 N–H and O–H groups in total. The van der Waals surface area contributed by atoms with Crippen LogP contribution in [0.2, 0.25) is 0 Å². The molecule has 238 valence electrons. The van der Waals surface area contributed by atoms with Gasteiger partial charge >= 0.3 is 0 Å². The first-order valence-corrected chi connectivity index (χ1v) is 14.4. The number of likely N-dealkylation sites (N-methyl/N-ethyl adjacent to an activating group) is 3. The Morgan fingerprint density at radius 3 is 2.56 bits per heavy atom. The van der Waals surface area contributed by atoms with Gasteiger partial charge in [-0.25, -0.2) is 14.4 Å². The van der Waals surface area contributed by atoms with Crippen molar-refractivity contribution in [3.63, 3.8) is 0 Å². The van der Waals surface area contributed by atoms with E-state index in [0.29, 0.717) is 34.3 Å². The van der Waals surface area contributed by atoms with Gasteiger partial charge in [-0.15, -0.1) is 6.42 Å². The smallest absolute Gasteiger partial charge is 0.241 e. The molecule has 0 aliphatic carbocycles. The van der Waals surface area contributed by atoms with E-state index in [-0.39, 0.29) is 18.2 Å². The zero-order valence-electron chi connectivity index (χ0n) is 26.1. The molecule has 2 atom stereocenters. The number of carbonyl (C=O) groups is 2. The van der Waals surface area contributed by atoms with Gasteiger partial charge in [-0.3, -0.25) is 9.59 Å². The molecule has 45 heavy (non-hydrogen) atoms. The largest absolute Gasteiger partial charge is 0.494 e. The number of ether oxygens (including phenoxy) is 1. The first-order chi connectivity index (χ1) is 21.5. The summed E-state index contributed by atoms with van der Waals surface area (Å²) in [6.07, 6.45) is 9.34. The summed E-state index contributed by atoms with van der Waals surface area (Å²) < 4.78 is 16.6. The highest BCUT2D eigenvalue weighted by Crippen LogP contribution is 2.38. The van der Waals surface area contributed by atoms with Crippen LogP contribution in [0.25, 0.3) is 22.2 Å². The van der Waals surface area contributed by atoms with E-state index in [1.807, 2.05) is 63.7 Å². The Labute approximate surface area is 267 Å². The summed E-state index contributed by atoms with van der Waals surface area (Å²) in [5.74, 6) is 3.45. The third-order valence-electron chi connectivity index (χ3n) is 6.83. The number of halogens is 2. The number of terminal acetylenes is 1. The molecule has 0 aliphatic heterocycles. The van der Waals surface area contributed by atoms with Crippen LogP contribution in [0, 0.1) is 12.3 Å². The van der Waals surface area contributed by atoms with Gasteiger partial charge < -0.3 is 35.5 Å². The van der Waals surface area contributed by atoms with Gasteiger partial charge in [0.25, 0.3) is 0 Å². The van der Waals surface area contributed by atoms with Crippen molar-refractivity contribution < 1.29 is 18.7 Å². The van der Waals surface area contributed by atoms with Gasteiger partial charge in [0.1, 0.15) is 5.75 Å². The normalized spacial score (nSPS) is 12.0. The van der Waals surface area contributed by atoms with Crippen molar-refractivity contribution in [3.05, 3.63) is 54.4 Å². The Morgan fingerprint density at radius 1 is 1.22 bits per heavy atom. The van der Waals surface area contributed by atoms with Crippen molar-refractivity contribution in [2.45, 2.75) is 18.6 Å². The van der Waals surface area contributed by atoms with E-state index in [1.54, 1.807) is 27.3 Å². The second-order valence-electron chi connectivity index (χ2n) is 10.2. The number of fused-ring (bicyclic) bond motifs is 1. The summed E-state index contributed by atoms with van der Waals surface area (Å²) in [5.41, 5.74) is 3.31. The lowest BCUT2D eigenvalue weighted by Gasteiger charge is -2.26. The molecule has 0 radical (unpaired) electrons. The zero-order chi connectivity index (χ0) is 33.1. The Morgan fingerprint density at radius 2 is 1.93 bits per heavy atom. The topological polar surface area (TPSA) is 128 Å². The number of rotatable bonds is 12. The molecule has 1 unspecified atom stereocenters. The van der Waals surface area contributed by atoms with Gasteiger partial charge in [-0.05, 0) is 40.2 Å². The van der Waals surface area contributed by atoms with Crippen molar-refractivity contribution in [1.82, 2.24) is 25.2 Å². The highest BCUT2D eigenvalue weighted by molar-refractivity contribution is 6.26. The van der Waals surface area contributed by atoms with Crippen LogP contribution in [0.1, 0.15) is 12.5 Å². The van der Waals surface area contributed by atoms with Crippen LogP contribution in [-0.2, 0) is 9.59 Å². The standard InChI is InChI=1S/C30H36N8O2.C2H2ClFO/c1-8-20-17-33-30(36-28(20)22-18-32-23-12-10-9-11-21(22)23)35-25-15-24(34-29(39)19(2)31-3)26(16-27(25)40-7)38(6)14-13-37(4)5;3-2(4)1-5/h1,9-12,15-19,31-32H,13-14H2,2-7H3,(H,34,39)(H,33,35,36);1-2H/t19-;/m0./s1. The molecule has 4 rings (SSSR count). The van der Waals surface area contributed by atoms with Crippen LogP contribution in [-0.4, -0.2) is 92.1 Å². The number of aldehydes is 1. The number of hydrogen-bond donors (Lipinski definition) is 4. The first-order valence-electron chi connectivity index (χ1n) is 14.0. The number of aromatic amines is 1. The first kappa shape index (κ1) is 34.8. The van der Waals surface area contributed by atoms with Crippen LogP contribution < -0.4 is 25.6 Å². The molecule has 0 bridgehead atoms. The lowest BCUT2D eigenvalue weighted by molar-refractivity contribution is -0.117. The predicted octanol–water partition coefficient (Wildman–Crippen LogP) is 4.62. The minimum absolute atomic E-state index is 0.0154. The van der Waals surface area contributed by atoms with Gasteiger partial charge in [0.15, 0.2) is 6.29 Å². The Hall–Kier alpha value is -4.70. The summed E-state index contributed by atoms with van der Waals surface area (Å²) in [5, 5.41) is 10.3. The van der Waals surface area contributed by atoms with Gasteiger partial charge in [0.05, 0.1) is 41.5 Å². The maximum Gasteiger partial charge on any atom is 0.241 e. The molecule has 2 aromatic carbocycles. The van der Waals surface area contributed by atoms with E-state index in [0.717, 1.165) is 35.2 Å². The average Bonchev–Trinajstić information content (AvgIpc) is 3.47. The summed E-state index contributed by atoms with van der Waals surface area (Å²) >= 11 is 4.43. The van der Waals surface area contributed by atoms with E-state index in [1.165, 1.54) is 0 Å². The fraction of sp³-hybridized carbons (Fsp3) is 0.312. The molecule has 13 heteroatoms. The van der Waals surface area contributed by atoms with Crippen molar-refractivity contribution in [1.29, 1.82) is 0 Å². The van der Waals surface area contributed by atoms with Crippen LogP contribution in [0.15, 0.2) is 48.8 Å². The number of carbonyl (C=O) groups excluding carboxylic acids is 2. The summed E-state index contributed by atoms with van der Waals surface area (Å²) in [6.45, 7) is 3.39. The summed E-state index contributed by atoms with van der Waals surface area (Å²) in [4.78, 5) is 38.6. The zero-order valence-corrected chi connectivity index (χ0v) is 26.9. The number of benzene rings is 2. The van der Waals surface area contributed by atoms with E-state index in [2.05, 4.69) is 53.2 Å². The van der Waals surface area contributed by atoms with E-state index >= 15 is 0 Å². The lowest BCUT2D eigenvalue weighted by atomic mass is 10.1. The number of amides is 1. The number of hydrogen-bond acceptors (Lipinski definition) is 9. The van der Waals surface area contributed by atoms with Crippen molar-refractivity contribution in [2.75, 3.05) is 63.9 Å². The van der Waals surface area contributed by atoms with E-state index in [4.69, 9.17) is 20.9 Å². The van der Waals surface area contributed by atoms with E-state index in [9.17, 15) is 9.18 Å². The molecular formula is C32H38ClFN8O3. The molecule has 1 amide bonds. The summed E-state index contributed by atoms with van der Waals surface area (Å²) in [6, 6.07) is 11.3. The third kappa shape index (κ3) is 9.15. The van der Waals surface area contributed by atoms with Crippen LogP contribution in [0.3, 0.4) is 0 Å². The van der Waals surface area contributed by atoms with Crippen LogP contribution >= 0.6 is 11.6 Å². The van der Waals surface area contributed by atoms with Crippen LogP contribution in [0.5, 0.6) is 5.75 Å². The van der Waals surface area contributed by atoms with Crippen molar-refractivity contribution >= 4 is 57.7 Å². The maximum absolute atomic E-state index is 12.9. The highest BCUT2D eigenvalue weighted by atomic mass is 35.5. The molecule has 0 saturated carbocycles. The molecule has 4 aromatic rings. The number of nitrogens with zero attached hydrogens (tertiary/aromatic N) is 4. The average molecular weight is 637 g/mol. The quantitative estimate of drug-likeness (QED) is 0.100. The Bertz CT molecular complexity index is 1650. The fourth-order valence-electron chi connectivity index (χ4n) is 4.23. The van der Waals surface area contributed by atoms with Gasteiger partial charge in [0.2, 0.25) is 17.5 Å². The third-order valence-corrected chi connectivity index (χ3v) is 6.94. The SMILES string of the molecule is C#Cc1cnc(Nc2cc(NC(=O)[C@H](C)NC)c(N(C)CCN(C)C)cc2OC)nc1-c1c[nH]c2ccccc12.O=CC(F)Cl. The molecule has 0 fully saturated rings. The van der Waals surface area contributed by atoms with Crippen LogP contribution in [0.4, 0.5) is 27.4 Å². The van der Waals surface area contributed by atoms with Gasteiger partial charge in [0, 0.05) is 55.1 Å². The number of alkyl halides is 2. The predicted molar refractivity (Wildman–Crippen MR) is 179 cm³/mol. The monoisotopic (exact) mass is 636 g/mol. The molecule has 0 spiro atoms. The van der Waals surface area contributed by atoms with Crippen molar-refractivity contribution in [3.8, 4) is 29.4 Å². The second kappa shape index (κ2) is 16.4.